The maximum Gasteiger partial charge on any atom is 0.202 e. The summed E-state index contributed by atoms with van der Waals surface area (Å²) in [7, 11) is 0. The molecular formula is C13H10ClN5. The van der Waals surface area contributed by atoms with Crippen molar-refractivity contribution in [2.75, 3.05) is 0 Å². The molecule has 3 rings (SSSR count). The lowest BCUT2D eigenvalue weighted by molar-refractivity contribution is 0.841. The molecule has 0 saturated carbocycles. The highest BCUT2D eigenvalue weighted by molar-refractivity contribution is 6.29. The van der Waals surface area contributed by atoms with Gasteiger partial charge in [-0.1, -0.05) is 29.8 Å². The van der Waals surface area contributed by atoms with E-state index in [-0.39, 0.29) is 0 Å². The third kappa shape index (κ3) is 2.32. The number of para-hydroxylation sites is 1. The number of benzene rings is 1. The van der Waals surface area contributed by atoms with Gasteiger partial charge >= 0.3 is 0 Å². The van der Waals surface area contributed by atoms with Crippen molar-refractivity contribution in [1.29, 1.82) is 0 Å². The summed E-state index contributed by atoms with van der Waals surface area (Å²) < 4.78 is 1.76. The number of aryl methyl sites for hydroxylation is 1. The van der Waals surface area contributed by atoms with Gasteiger partial charge in [0, 0.05) is 0 Å². The zero-order valence-electron chi connectivity index (χ0n) is 10.2. The lowest BCUT2D eigenvalue weighted by Gasteiger charge is -2.00. The van der Waals surface area contributed by atoms with Gasteiger partial charge in [0.15, 0.2) is 0 Å². The summed E-state index contributed by atoms with van der Waals surface area (Å²) in [6, 6.07) is 9.80. The van der Waals surface area contributed by atoms with Crippen molar-refractivity contribution in [2.24, 2.45) is 0 Å². The van der Waals surface area contributed by atoms with Crippen molar-refractivity contribution in [1.82, 2.24) is 24.7 Å². The van der Waals surface area contributed by atoms with E-state index in [1.165, 1.54) is 6.20 Å². The third-order valence-electron chi connectivity index (χ3n) is 2.60. The minimum atomic E-state index is 0.325. The van der Waals surface area contributed by atoms with Crippen LogP contribution in [0.2, 0.25) is 5.15 Å². The Morgan fingerprint density at radius 3 is 2.58 bits per heavy atom. The number of aromatic nitrogens is 5. The van der Waals surface area contributed by atoms with Gasteiger partial charge in [0.25, 0.3) is 0 Å². The molecule has 6 heteroatoms. The fourth-order valence-corrected chi connectivity index (χ4v) is 1.91. The molecule has 0 amide bonds. The molecule has 0 radical (unpaired) electrons. The minimum absolute atomic E-state index is 0.325. The number of hydrogen-bond donors (Lipinski definition) is 0. The van der Waals surface area contributed by atoms with Crippen molar-refractivity contribution in [3.8, 4) is 17.2 Å². The first-order chi connectivity index (χ1) is 9.24. The minimum Gasteiger partial charge on any atom is -0.259 e. The molecule has 2 aromatic heterocycles. The largest absolute Gasteiger partial charge is 0.259 e. The van der Waals surface area contributed by atoms with Crippen molar-refractivity contribution in [2.45, 2.75) is 6.92 Å². The van der Waals surface area contributed by atoms with E-state index < -0.39 is 0 Å². The molecule has 0 aliphatic heterocycles. The number of halogens is 1. The van der Waals surface area contributed by atoms with E-state index in [4.69, 9.17) is 11.6 Å². The second kappa shape index (κ2) is 4.78. The fraction of sp³-hybridized carbons (Fsp3) is 0.0769. The first kappa shape index (κ1) is 11.8. The van der Waals surface area contributed by atoms with E-state index in [1.54, 1.807) is 10.9 Å². The molecule has 0 spiro atoms. The Morgan fingerprint density at radius 2 is 1.84 bits per heavy atom. The smallest absolute Gasteiger partial charge is 0.202 e. The van der Waals surface area contributed by atoms with Gasteiger partial charge in [-0.05, 0) is 19.1 Å². The molecule has 3 aromatic rings. The number of hydrogen-bond acceptors (Lipinski definition) is 4. The predicted molar refractivity (Wildman–Crippen MR) is 72.1 cm³/mol. The zero-order valence-corrected chi connectivity index (χ0v) is 10.9. The van der Waals surface area contributed by atoms with Crippen LogP contribution < -0.4 is 0 Å². The van der Waals surface area contributed by atoms with E-state index in [2.05, 4.69) is 20.1 Å². The van der Waals surface area contributed by atoms with Crippen LogP contribution in [0.5, 0.6) is 0 Å². The molecule has 0 N–H and O–H groups in total. The highest BCUT2D eigenvalue weighted by Gasteiger charge is 2.11. The summed E-state index contributed by atoms with van der Waals surface area (Å²) in [5.74, 6) is 1.29. The number of nitrogens with zero attached hydrogens (tertiary/aromatic N) is 5. The van der Waals surface area contributed by atoms with Gasteiger partial charge in [-0.2, -0.15) is 0 Å². The van der Waals surface area contributed by atoms with Crippen LogP contribution in [0.3, 0.4) is 0 Å². The summed E-state index contributed by atoms with van der Waals surface area (Å²) in [4.78, 5) is 12.5. The number of rotatable bonds is 2. The second-order valence-corrected chi connectivity index (χ2v) is 4.34. The molecule has 0 aliphatic carbocycles. The topological polar surface area (TPSA) is 56.5 Å². The Bertz CT molecular complexity index is 708. The van der Waals surface area contributed by atoms with Crippen LogP contribution in [0.15, 0.2) is 42.7 Å². The van der Waals surface area contributed by atoms with Gasteiger partial charge in [-0.15, -0.1) is 5.10 Å². The van der Waals surface area contributed by atoms with Gasteiger partial charge in [0.2, 0.25) is 5.82 Å². The third-order valence-corrected chi connectivity index (χ3v) is 2.79. The Hall–Kier alpha value is -2.27. The quantitative estimate of drug-likeness (QED) is 0.719. The zero-order chi connectivity index (χ0) is 13.2. The van der Waals surface area contributed by atoms with Gasteiger partial charge in [0.05, 0.1) is 18.1 Å². The van der Waals surface area contributed by atoms with Gasteiger partial charge in [-0.3, -0.25) is 4.98 Å². The van der Waals surface area contributed by atoms with Gasteiger partial charge in [0.1, 0.15) is 16.7 Å². The first-order valence-electron chi connectivity index (χ1n) is 5.71. The average Bonchev–Trinajstić information content (AvgIpc) is 2.82. The predicted octanol–water partition coefficient (Wildman–Crippen LogP) is 2.69. The molecule has 19 heavy (non-hydrogen) atoms. The summed E-state index contributed by atoms with van der Waals surface area (Å²) in [6.07, 6.45) is 3.07. The van der Waals surface area contributed by atoms with Crippen LogP contribution in [-0.4, -0.2) is 24.7 Å². The monoisotopic (exact) mass is 271 g/mol. The molecule has 94 valence electrons. The van der Waals surface area contributed by atoms with Crippen LogP contribution >= 0.6 is 11.6 Å². The normalized spacial score (nSPS) is 10.6. The van der Waals surface area contributed by atoms with Crippen molar-refractivity contribution in [3.63, 3.8) is 0 Å². The SMILES string of the molecule is Cc1nc(-c2cncc(Cl)n2)nn1-c1ccccc1. The molecule has 0 fully saturated rings. The molecule has 1 aromatic carbocycles. The van der Waals surface area contributed by atoms with E-state index in [0.29, 0.717) is 16.7 Å². The van der Waals surface area contributed by atoms with Crippen LogP contribution in [0, 0.1) is 6.92 Å². The maximum atomic E-state index is 5.82. The van der Waals surface area contributed by atoms with Crippen molar-refractivity contribution >= 4 is 11.6 Å². The molecule has 2 heterocycles. The Labute approximate surface area is 114 Å². The second-order valence-electron chi connectivity index (χ2n) is 3.96. The summed E-state index contributed by atoms with van der Waals surface area (Å²) in [6.45, 7) is 1.89. The molecule has 0 unspecified atom stereocenters. The van der Waals surface area contributed by atoms with Gasteiger partial charge < -0.3 is 0 Å². The Kier molecular flexibility index (Phi) is 2.97. The van der Waals surface area contributed by atoms with Crippen LogP contribution in [0.4, 0.5) is 0 Å². The lowest BCUT2D eigenvalue weighted by Crippen LogP contribution is -1.98. The van der Waals surface area contributed by atoms with Crippen molar-refractivity contribution in [3.05, 3.63) is 53.7 Å². The van der Waals surface area contributed by atoms with E-state index >= 15 is 0 Å². The highest BCUT2D eigenvalue weighted by atomic mass is 35.5. The van der Waals surface area contributed by atoms with Gasteiger partial charge in [-0.25, -0.2) is 14.6 Å². The molecule has 0 atom stereocenters. The fourth-order valence-electron chi connectivity index (χ4n) is 1.76. The molecule has 0 saturated heterocycles. The van der Waals surface area contributed by atoms with Crippen LogP contribution in [-0.2, 0) is 0 Å². The van der Waals surface area contributed by atoms with E-state index in [1.807, 2.05) is 37.3 Å². The average molecular weight is 272 g/mol. The standard InChI is InChI=1S/C13H10ClN5/c1-9-16-13(11-7-15-8-12(14)17-11)18-19(9)10-5-3-2-4-6-10/h2-8H,1H3. The Balaban J connectivity index is 2.07. The molecule has 0 bridgehead atoms. The van der Waals surface area contributed by atoms with Crippen LogP contribution in [0.25, 0.3) is 17.2 Å². The van der Waals surface area contributed by atoms with Crippen molar-refractivity contribution < 1.29 is 0 Å². The van der Waals surface area contributed by atoms with Crippen LogP contribution in [0.1, 0.15) is 5.82 Å². The van der Waals surface area contributed by atoms with E-state index in [0.717, 1.165) is 11.5 Å². The lowest BCUT2D eigenvalue weighted by atomic mass is 10.3. The maximum absolute atomic E-state index is 5.82. The Morgan fingerprint density at radius 1 is 1.05 bits per heavy atom. The molecule has 0 aliphatic rings. The summed E-state index contributed by atoms with van der Waals surface area (Å²) in [5.41, 5.74) is 1.51. The molecule has 5 nitrogen and oxygen atoms in total. The van der Waals surface area contributed by atoms with E-state index in [9.17, 15) is 0 Å². The molecular weight excluding hydrogens is 262 g/mol. The summed E-state index contributed by atoms with van der Waals surface area (Å²) >= 11 is 5.82. The highest BCUT2D eigenvalue weighted by Crippen LogP contribution is 2.16. The summed E-state index contributed by atoms with van der Waals surface area (Å²) in [5, 5.41) is 4.76. The first-order valence-corrected chi connectivity index (χ1v) is 6.09.